The van der Waals surface area contributed by atoms with Gasteiger partial charge in [0, 0.05) is 36.8 Å². The van der Waals surface area contributed by atoms with Crippen molar-refractivity contribution in [1.82, 2.24) is 15.1 Å². The van der Waals surface area contributed by atoms with E-state index >= 15 is 0 Å². The molecule has 4 aliphatic rings. The van der Waals surface area contributed by atoms with Crippen LogP contribution in [0.3, 0.4) is 0 Å². The zero-order chi connectivity index (χ0) is 17.6. The van der Waals surface area contributed by atoms with Gasteiger partial charge in [0.25, 0.3) is 0 Å². The molecule has 0 radical (unpaired) electrons. The molecule has 1 saturated heterocycles. The highest BCUT2D eigenvalue weighted by Crippen LogP contribution is 2.53. The van der Waals surface area contributed by atoms with Gasteiger partial charge in [0.15, 0.2) is 0 Å². The zero-order valence-electron chi connectivity index (χ0n) is 15.3. The molecule has 134 valence electrons. The molecule has 4 rings (SSSR count). The van der Waals surface area contributed by atoms with Gasteiger partial charge in [-0.3, -0.25) is 10.2 Å². The number of hydrogen-bond acceptors (Lipinski definition) is 4. The first kappa shape index (κ1) is 16.5. The highest BCUT2D eigenvalue weighted by molar-refractivity contribution is 5.71. The summed E-state index contributed by atoms with van der Waals surface area (Å²) in [5.41, 5.74) is 3.72. The van der Waals surface area contributed by atoms with Crippen LogP contribution >= 0.6 is 0 Å². The van der Waals surface area contributed by atoms with Crippen LogP contribution in [0, 0.1) is 5.41 Å². The molecule has 3 atom stereocenters. The number of carbonyl (C=O) groups excluding carboxylic acids is 1. The van der Waals surface area contributed by atoms with Crippen molar-refractivity contribution in [2.45, 2.75) is 44.9 Å². The van der Waals surface area contributed by atoms with Gasteiger partial charge in [0.05, 0.1) is 6.17 Å². The van der Waals surface area contributed by atoms with Crippen LogP contribution in [-0.2, 0) is 4.74 Å². The minimum Gasteiger partial charge on any atom is -0.441 e. The number of nitrogens with one attached hydrogen (secondary N) is 1. The molecule has 2 aliphatic heterocycles. The quantitative estimate of drug-likeness (QED) is 0.838. The van der Waals surface area contributed by atoms with Crippen LogP contribution in [-0.4, -0.2) is 48.8 Å². The minimum atomic E-state index is -0.368. The van der Waals surface area contributed by atoms with Gasteiger partial charge < -0.3 is 9.64 Å². The molecule has 0 saturated carbocycles. The number of likely N-dealkylation sites (tertiary alicyclic amines) is 1. The second kappa shape index (κ2) is 6.06. The van der Waals surface area contributed by atoms with E-state index in [0.717, 1.165) is 37.9 Å². The Labute approximate surface area is 149 Å². The third kappa shape index (κ3) is 2.71. The van der Waals surface area contributed by atoms with Gasteiger partial charge in [-0.05, 0) is 50.1 Å². The lowest BCUT2D eigenvalue weighted by Crippen LogP contribution is -2.43. The summed E-state index contributed by atoms with van der Waals surface area (Å²) in [6.07, 6.45) is 14.0. The fourth-order valence-corrected chi connectivity index (χ4v) is 4.91. The summed E-state index contributed by atoms with van der Waals surface area (Å²) in [4.78, 5) is 17.0. The predicted molar refractivity (Wildman–Crippen MR) is 97.5 cm³/mol. The smallest absolute Gasteiger partial charge is 0.412 e. The second-order valence-electron chi connectivity index (χ2n) is 7.77. The van der Waals surface area contributed by atoms with Gasteiger partial charge in [0.1, 0.15) is 6.10 Å². The van der Waals surface area contributed by atoms with E-state index in [1.807, 2.05) is 18.2 Å². The molecular formula is C20H27N3O2. The van der Waals surface area contributed by atoms with Gasteiger partial charge in [-0.15, -0.1) is 0 Å². The fourth-order valence-electron chi connectivity index (χ4n) is 4.91. The lowest BCUT2D eigenvalue weighted by Gasteiger charge is -2.34. The number of alkyl carbamates (subject to hydrolysis) is 1. The molecule has 25 heavy (non-hydrogen) atoms. The summed E-state index contributed by atoms with van der Waals surface area (Å²) < 4.78 is 5.68. The molecule has 0 bridgehead atoms. The van der Waals surface area contributed by atoms with E-state index < -0.39 is 0 Å². The molecule has 1 N–H and O–H groups in total. The van der Waals surface area contributed by atoms with Crippen LogP contribution in [0.5, 0.6) is 0 Å². The molecule has 0 spiro atoms. The highest BCUT2D eigenvalue weighted by atomic mass is 16.6. The first-order valence-electron chi connectivity index (χ1n) is 9.18. The van der Waals surface area contributed by atoms with Crippen LogP contribution < -0.4 is 5.32 Å². The molecule has 5 nitrogen and oxygen atoms in total. The maximum absolute atomic E-state index is 12.2. The average Bonchev–Trinajstić information content (AvgIpc) is 3.01. The minimum absolute atomic E-state index is 0.149. The fraction of sp³-hybridized carbons (Fsp3) is 0.550. The topological polar surface area (TPSA) is 44.8 Å². The molecule has 0 aromatic heterocycles. The summed E-state index contributed by atoms with van der Waals surface area (Å²) in [7, 11) is 4.37. The Bertz CT molecular complexity index is 706. The van der Waals surface area contributed by atoms with E-state index in [9.17, 15) is 4.79 Å². The third-order valence-corrected chi connectivity index (χ3v) is 6.09. The van der Waals surface area contributed by atoms with Crippen molar-refractivity contribution in [2.24, 2.45) is 5.41 Å². The summed E-state index contributed by atoms with van der Waals surface area (Å²) in [6.45, 7) is 3.46. The van der Waals surface area contributed by atoms with E-state index in [1.165, 1.54) is 11.3 Å². The Morgan fingerprint density at radius 1 is 1.32 bits per heavy atom. The van der Waals surface area contributed by atoms with Crippen molar-refractivity contribution >= 4 is 6.09 Å². The summed E-state index contributed by atoms with van der Waals surface area (Å²) >= 11 is 0. The van der Waals surface area contributed by atoms with E-state index in [1.54, 1.807) is 0 Å². The number of nitrogens with zero attached hydrogens (tertiary/aromatic N) is 2. The SMILES string of the molecule is CN1CC[C@]2(C)C3=C(C=CC(OC(=O)NC4=CCCC=C4)C3)N(C)C12. The Hall–Kier alpha value is -2.01. The van der Waals surface area contributed by atoms with Crippen molar-refractivity contribution in [3.63, 3.8) is 0 Å². The molecule has 0 aromatic carbocycles. The number of hydrogen-bond donors (Lipinski definition) is 1. The number of fused-ring (bicyclic) bond motifs is 2. The summed E-state index contributed by atoms with van der Waals surface area (Å²) in [5, 5.41) is 2.84. The first-order valence-corrected chi connectivity index (χ1v) is 9.18. The van der Waals surface area contributed by atoms with E-state index in [0.29, 0.717) is 6.17 Å². The van der Waals surface area contributed by atoms with E-state index in [-0.39, 0.29) is 17.6 Å². The van der Waals surface area contributed by atoms with Gasteiger partial charge in [0.2, 0.25) is 0 Å². The van der Waals surface area contributed by atoms with Gasteiger partial charge in [-0.1, -0.05) is 19.1 Å². The van der Waals surface area contributed by atoms with E-state index in [2.05, 4.69) is 48.3 Å². The molecule has 0 aromatic rings. The van der Waals surface area contributed by atoms with Crippen LogP contribution in [0.2, 0.25) is 0 Å². The maximum Gasteiger partial charge on any atom is 0.412 e. The van der Waals surface area contributed by atoms with Crippen LogP contribution in [0.4, 0.5) is 4.79 Å². The molecular weight excluding hydrogens is 314 g/mol. The number of carbonyl (C=O) groups is 1. The standard InChI is InChI=1S/C20H27N3O2/c1-20-11-12-22(2)18(20)23(3)17-10-9-15(13-16(17)20)25-19(24)21-14-7-5-4-6-8-14/h5,7-10,15,18H,4,6,11-13H2,1-3H3,(H,21,24)/t15?,18?,20-/m1/s1. The first-order chi connectivity index (χ1) is 12.0. The molecule has 1 amide bonds. The van der Waals surface area contributed by atoms with Crippen LogP contribution in [0.25, 0.3) is 0 Å². The van der Waals surface area contributed by atoms with Crippen molar-refractivity contribution in [3.05, 3.63) is 47.3 Å². The van der Waals surface area contributed by atoms with E-state index in [4.69, 9.17) is 4.74 Å². The number of allylic oxidation sites excluding steroid dienone is 4. The van der Waals surface area contributed by atoms with Crippen molar-refractivity contribution in [3.8, 4) is 0 Å². The molecule has 5 heteroatoms. The lowest BCUT2D eigenvalue weighted by molar-refractivity contribution is 0.108. The largest absolute Gasteiger partial charge is 0.441 e. The number of rotatable bonds is 2. The number of likely N-dealkylation sites (N-methyl/N-ethyl adjacent to an activating group) is 1. The monoisotopic (exact) mass is 341 g/mol. The van der Waals surface area contributed by atoms with Crippen LogP contribution in [0.1, 0.15) is 32.6 Å². The van der Waals surface area contributed by atoms with Crippen molar-refractivity contribution in [1.29, 1.82) is 0 Å². The van der Waals surface area contributed by atoms with Crippen molar-refractivity contribution in [2.75, 3.05) is 20.6 Å². The van der Waals surface area contributed by atoms with Gasteiger partial charge >= 0.3 is 6.09 Å². The average molecular weight is 341 g/mol. The Balaban J connectivity index is 1.44. The number of amides is 1. The molecule has 2 unspecified atom stereocenters. The Morgan fingerprint density at radius 2 is 2.16 bits per heavy atom. The normalized spacial score (nSPS) is 34.0. The highest BCUT2D eigenvalue weighted by Gasteiger charge is 2.53. The van der Waals surface area contributed by atoms with Gasteiger partial charge in [-0.25, -0.2) is 4.79 Å². The van der Waals surface area contributed by atoms with Gasteiger partial charge in [-0.2, -0.15) is 0 Å². The lowest BCUT2D eigenvalue weighted by atomic mass is 9.77. The van der Waals surface area contributed by atoms with Crippen molar-refractivity contribution < 1.29 is 9.53 Å². The summed E-state index contributed by atoms with van der Waals surface area (Å²) in [6, 6.07) is 0. The zero-order valence-corrected chi connectivity index (χ0v) is 15.3. The maximum atomic E-state index is 12.2. The Kier molecular flexibility index (Phi) is 3.99. The Morgan fingerprint density at radius 3 is 2.92 bits per heavy atom. The second-order valence-corrected chi connectivity index (χ2v) is 7.77. The third-order valence-electron chi connectivity index (χ3n) is 6.09. The summed E-state index contributed by atoms with van der Waals surface area (Å²) in [5.74, 6) is 0. The molecule has 2 heterocycles. The number of ether oxygens (including phenoxy) is 1. The predicted octanol–water partition coefficient (Wildman–Crippen LogP) is 3.14. The molecule has 2 aliphatic carbocycles. The van der Waals surface area contributed by atoms with Crippen LogP contribution in [0.15, 0.2) is 47.3 Å². The molecule has 1 fully saturated rings.